The van der Waals surface area contributed by atoms with Crippen LogP contribution in [0.1, 0.15) is 41.6 Å². The first-order valence-electron chi connectivity index (χ1n) is 6.27. The topological polar surface area (TPSA) is 66.4 Å². The van der Waals surface area contributed by atoms with Gasteiger partial charge in [0.15, 0.2) is 0 Å². The molecule has 102 valence electrons. The number of nitrogens with one attached hydrogen (secondary N) is 1. The molecule has 2 N–H and O–H groups in total. The van der Waals surface area contributed by atoms with Gasteiger partial charge in [0.25, 0.3) is 5.91 Å². The molecule has 4 nitrogen and oxygen atoms in total. The molecule has 0 bridgehead atoms. The van der Waals surface area contributed by atoms with Crippen LogP contribution in [-0.4, -0.2) is 22.5 Å². The smallest absolute Gasteiger partial charge is 0.329 e. The monoisotopic (exact) mass is 265 g/mol. The van der Waals surface area contributed by atoms with Gasteiger partial charge in [-0.1, -0.05) is 18.9 Å². The number of carbonyl (C=O) groups excluding carboxylic acids is 1. The maximum atomic E-state index is 13.4. The van der Waals surface area contributed by atoms with Crippen LogP contribution >= 0.6 is 0 Å². The quantitative estimate of drug-likeness (QED) is 0.881. The third-order valence-electron chi connectivity index (χ3n) is 3.65. The van der Waals surface area contributed by atoms with E-state index < -0.39 is 23.2 Å². The van der Waals surface area contributed by atoms with Crippen LogP contribution in [0.5, 0.6) is 0 Å². The maximum absolute atomic E-state index is 13.4. The van der Waals surface area contributed by atoms with Crippen LogP contribution in [0.3, 0.4) is 0 Å². The number of carbonyl (C=O) groups is 2. The fourth-order valence-electron chi connectivity index (χ4n) is 2.39. The van der Waals surface area contributed by atoms with E-state index in [2.05, 4.69) is 5.32 Å². The number of aliphatic carboxylic acids is 1. The average molecular weight is 265 g/mol. The second-order valence-corrected chi connectivity index (χ2v) is 5.01. The van der Waals surface area contributed by atoms with E-state index in [9.17, 15) is 19.1 Å². The Bertz CT molecular complexity index is 521. The lowest BCUT2D eigenvalue weighted by Gasteiger charge is -2.25. The highest BCUT2D eigenvalue weighted by atomic mass is 19.1. The summed E-state index contributed by atoms with van der Waals surface area (Å²) >= 11 is 0. The van der Waals surface area contributed by atoms with E-state index in [1.54, 1.807) is 6.92 Å². The molecule has 1 amide bonds. The van der Waals surface area contributed by atoms with Crippen molar-refractivity contribution in [3.63, 3.8) is 0 Å². The molecule has 0 unspecified atom stereocenters. The molecule has 1 fully saturated rings. The Balaban J connectivity index is 2.20. The largest absolute Gasteiger partial charge is 0.480 e. The van der Waals surface area contributed by atoms with Gasteiger partial charge in [0.1, 0.15) is 11.4 Å². The van der Waals surface area contributed by atoms with Crippen LogP contribution in [0, 0.1) is 12.7 Å². The van der Waals surface area contributed by atoms with E-state index >= 15 is 0 Å². The van der Waals surface area contributed by atoms with Gasteiger partial charge in [-0.2, -0.15) is 0 Å². The molecule has 0 radical (unpaired) electrons. The summed E-state index contributed by atoms with van der Waals surface area (Å²) in [6.07, 6.45) is 2.38. The summed E-state index contributed by atoms with van der Waals surface area (Å²) in [7, 11) is 0. The van der Waals surface area contributed by atoms with Gasteiger partial charge in [0, 0.05) is 5.56 Å². The van der Waals surface area contributed by atoms with E-state index in [1.165, 1.54) is 12.1 Å². The molecule has 2 rings (SSSR count). The van der Waals surface area contributed by atoms with Gasteiger partial charge in [0.05, 0.1) is 0 Å². The lowest BCUT2D eigenvalue weighted by atomic mass is 9.97. The highest BCUT2D eigenvalue weighted by Gasteiger charge is 2.42. The number of aryl methyl sites for hydroxylation is 1. The van der Waals surface area contributed by atoms with Crippen LogP contribution in [0.2, 0.25) is 0 Å². The third-order valence-corrected chi connectivity index (χ3v) is 3.65. The first-order chi connectivity index (χ1) is 8.94. The molecule has 0 aromatic heterocycles. The summed E-state index contributed by atoms with van der Waals surface area (Å²) in [5, 5.41) is 11.8. The first-order valence-corrected chi connectivity index (χ1v) is 6.27. The van der Waals surface area contributed by atoms with Crippen molar-refractivity contribution in [1.82, 2.24) is 5.32 Å². The van der Waals surface area contributed by atoms with Gasteiger partial charge < -0.3 is 10.4 Å². The summed E-state index contributed by atoms with van der Waals surface area (Å²) in [6.45, 7) is 1.60. The molecule has 0 aliphatic heterocycles. The molecule has 0 atom stereocenters. The average Bonchev–Trinajstić information content (AvgIpc) is 2.82. The summed E-state index contributed by atoms with van der Waals surface area (Å²) in [4.78, 5) is 23.4. The molecule has 1 aromatic carbocycles. The van der Waals surface area contributed by atoms with E-state index in [-0.39, 0.29) is 5.56 Å². The minimum absolute atomic E-state index is 0.149. The lowest BCUT2D eigenvalue weighted by molar-refractivity contribution is -0.144. The zero-order chi connectivity index (χ0) is 14.0. The number of carboxylic acid groups (broad SMARTS) is 1. The predicted octanol–water partition coefficient (Wildman–Crippen LogP) is 2.26. The number of amides is 1. The molecule has 0 saturated heterocycles. The van der Waals surface area contributed by atoms with E-state index in [1.807, 2.05) is 0 Å². The first kappa shape index (κ1) is 13.5. The van der Waals surface area contributed by atoms with Crippen molar-refractivity contribution in [2.45, 2.75) is 38.1 Å². The van der Waals surface area contributed by atoms with Gasteiger partial charge >= 0.3 is 5.97 Å². The third kappa shape index (κ3) is 2.59. The minimum Gasteiger partial charge on any atom is -0.480 e. The van der Waals surface area contributed by atoms with Crippen molar-refractivity contribution in [3.8, 4) is 0 Å². The molecular formula is C14H16FNO3. The minimum atomic E-state index is -1.20. The van der Waals surface area contributed by atoms with Crippen molar-refractivity contribution in [3.05, 3.63) is 35.1 Å². The van der Waals surface area contributed by atoms with E-state index in [0.29, 0.717) is 18.4 Å². The van der Waals surface area contributed by atoms with Crippen molar-refractivity contribution in [1.29, 1.82) is 0 Å². The Kier molecular flexibility index (Phi) is 3.55. The molecule has 0 spiro atoms. The van der Waals surface area contributed by atoms with Crippen LogP contribution in [-0.2, 0) is 4.79 Å². The number of hydrogen-bond acceptors (Lipinski definition) is 2. The molecular weight excluding hydrogens is 249 g/mol. The Morgan fingerprint density at radius 1 is 1.32 bits per heavy atom. The molecule has 1 aliphatic rings. The van der Waals surface area contributed by atoms with Crippen LogP contribution in [0.25, 0.3) is 0 Å². The van der Waals surface area contributed by atoms with Gasteiger partial charge in [-0.05, 0) is 37.5 Å². The van der Waals surface area contributed by atoms with Crippen molar-refractivity contribution < 1.29 is 19.1 Å². The molecule has 19 heavy (non-hydrogen) atoms. The maximum Gasteiger partial charge on any atom is 0.329 e. The molecule has 1 saturated carbocycles. The summed E-state index contributed by atoms with van der Waals surface area (Å²) in [5.74, 6) is -2.03. The van der Waals surface area contributed by atoms with Gasteiger partial charge in [-0.15, -0.1) is 0 Å². The molecule has 0 heterocycles. The van der Waals surface area contributed by atoms with Crippen LogP contribution in [0.4, 0.5) is 4.39 Å². The highest BCUT2D eigenvalue weighted by Crippen LogP contribution is 2.30. The standard InChI is InChI=1S/C14H16FNO3/c1-9-4-5-10(8-11(9)15)12(17)16-14(13(18)19)6-2-3-7-14/h4-5,8H,2-3,6-7H2,1H3,(H,16,17)(H,18,19). The van der Waals surface area contributed by atoms with Crippen LogP contribution < -0.4 is 5.32 Å². The zero-order valence-corrected chi connectivity index (χ0v) is 10.7. The van der Waals surface area contributed by atoms with Crippen molar-refractivity contribution in [2.24, 2.45) is 0 Å². The lowest BCUT2D eigenvalue weighted by Crippen LogP contribution is -2.52. The summed E-state index contributed by atoms with van der Waals surface area (Å²) < 4.78 is 13.4. The summed E-state index contributed by atoms with van der Waals surface area (Å²) in [6, 6.07) is 4.14. The second-order valence-electron chi connectivity index (χ2n) is 5.01. The number of rotatable bonds is 3. The predicted molar refractivity (Wildman–Crippen MR) is 67.4 cm³/mol. The zero-order valence-electron chi connectivity index (χ0n) is 10.7. The Labute approximate surface area is 110 Å². The fourth-order valence-corrected chi connectivity index (χ4v) is 2.39. The normalized spacial score (nSPS) is 17.2. The molecule has 5 heteroatoms. The SMILES string of the molecule is Cc1ccc(C(=O)NC2(C(=O)O)CCCC2)cc1F. The molecule has 1 aliphatic carbocycles. The van der Waals surface area contributed by atoms with E-state index in [0.717, 1.165) is 18.9 Å². The Hall–Kier alpha value is -1.91. The van der Waals surface area contributed by atoms with E-state index in [4.69, 9.17) is 0 Å². The highest BCUT2D eigenvalue weighted by molar-refractivity contribution is 5.98. The number of benzene rings is 1. The second kappa shape index (κ2) is 4.99. The van der Waals surface area contributed by atoms with Crippen molar-refractivity contribution in [2.75, 3.05) is 0 Å². The number of hydrogen-bond donors (Lipinski definition) is 2. The van der Waals surface area contributed by atoms with Gasteiger partial charge in [-0.3, -0.25) is 4.79 Å². The van der Waals surface area contributed by atoms with Crippen molar-refractivity contribution >= 4 is 11.9 Å². The Morgan fingerprint density at radius 2 is 1.95 bits per heavy atom. The number of halogens is 1. The number of carboxylic acids is 1. The molecule has 1 aromatic rings. The fraction of sp³-hybridized carbons (Fsp3) is 0.429. The van der Waals surface area contributed by atoms with Gasteiger partial charge in [0.2, 0.25) is 0 Å². The summed E-state index contributed by atoms with van der Waals surface area (Å²) in [5.41, 5.74) is -0.598. The Morgan fingerprint density at radius 3 is 2.47 bits per heavy atom. The van der Waals surface area contributed by atoms with Gasteiger partial charge in [-0.25, -0.2) is 9.18 Å². The van der Waals surface area contributed by atoms with Crippen LogP contribution in [0.15, 0.2) is 18.2 Å².